The predicted molar refractivity (Wildman–Crippen MR) is 109 cm³/mol. The Morgan fingerprint density at radius 3 is 2.31 bits per heavy atom. The Labute approximate surface area is 170 Å². The van der Waals surface area contributed by atoms with Crippen LogP contribution in [0.5, 0.6) is 5.75 Å². The van der Waals surface area contributed by atoms with Crippen molar-refractivity contribution in [2.24, 2.45) is 0 Å². The van der Waals surface area contributed by atoms with E-state index in [-0.39, 0.29) is 11.8 Å². The fourth-order valence-corrected chi connectivity index (χ4v) is 3.30. The van der Waals surface area contributed by atoms with Crippen LogP contribution >= 0.6 is 0 Å². The number of nitrogens with zero attached hydrogens (tertiary/aromatic N) is 2. The number of hydrogen-bond acceptors (Lipinski definition) is 4. The summed E-state index contributed by atoms with van der Waals surface area (Å²) in [5.74, 6) is 0.538. The molecule has 1 aliphatic rings. The number of methoxy groups -OCH3 is 1. The van der Waals surface area contributed by atoms with Gasteiger partial charge >= 0.3 is 0 Å². The molecule has 2 aromatic rings. The topological polar surface area (TPSA) is 79.0 Å². The average molecular weight is 395 g/mol. The largest absolute Gasteiger partial charge is 0.496 e. The Balaban J connectivity index is 1.52. The molecule has 0 radical (unpaired) electrons. The van der Waals surface area contributed by atoms with Crippen LogP contribution in [-0.4, -0.2) is 67.9 Å². The molecule has 0 unspecified atom stereocenters. The Morgan fingerprint density at radius 1 is 1.00 bits per heavy atom. The molecule has 0 spiro atoms. The van der Waals surface area contributed by atoms with E-state index in [1.165, 1.54) is 0 Å². The minimum absolute atomic E-state index is 0.0846. The van der Waals surface area contributed by atoms with E-state index >= 15 is 0 Å². The van der Waals surface area contributed by atoms with Crippen molar-refractivity contribution in [1.29, 1.82) is 0 Å². The summed E-state index contributed by atoms with van der Waals surface area (Å²) in [6, 6.07) is 14.4. The Kier molecular flexibility index (Phi) is 6.84. The summed E-state index contributed by atoms with van der Waals surface area (Å²) >= 11 is 0. The molecule has 3 rings (SSSR count). The fraction of sp³-hybridized carbons (Fsp3) is 0.318. The van der Waals surface area contributed by atoms with Crippen molar-refractivity contribution >= 4 is 18.2 Å². The van der Waals surface area contributed by atoms with Crippen LogP contribution in [0.3, 0.4) is 0 Å². The van der Waals surface area contributed by atoms with Crippen LogP contribution < -0.4 is 10.1 Å². The van der Waals surface area contributed by atoms with Crippen molar-refractivity contribution in [3.8, 4) is 5.75 Å². The first kappa shape index (κ1) is 20.4. The van der Waals surface area contributed by atoms with Crippen LogP contribution in [0, 0.1) is 0 Å². The average Bonchev–Trinajstić information content (AvgIpc) is 2.79. The molecule has 7 heteroatoms. The van der Waals surface area contributed by atoms with Gasteiger partial charge in [-0.15, -0.1) is 0 Å². The number of piperazine rings is 1. The molecular formula is C22H25N3O4. The van der Waals surface area contributed by atoms with E-state index in [1.54, 1.807) is 41.2 Å². The van der Waals surface area contributed by atoms with Crippen LogP contribution in [0.15, 0.2) is 48.5 Å². The lowest BCUT2D eigenvalue weighted by Gasteiger charge is -2.32. The van der Waals surface area contributed by atoms with Crippen LogP contribution in [0.2, 0.25) is 0 Å². The van der Waals surface area contributed by atoms with Crippen molar-refractivity contribution in [3.63, 3.8) is 0 Å². The SMILES string of the molecule is COc1ccccc1CCNC(=O)c1ccc(C(=O)N2CCN(C=O)CC2)cc1. The van der Waals surface area contributed by atoms with Crippen LogP contribution in [-0.2, 0) is 11.2 Å². The van der Waals surface area contributed by atoms with E-state index < -0.39 is 0 Å². The van der Waals surface area contributed by atoms with Crippen molar-refractivity contribution in [1.82, 2.24) is 15.1 Å². The van der Waals surface area contributed by atoms with Crippen LogP contribution in [0.1, 0.15) is 26.3 Å². The number of rotatable bonds is 7. The molecule has 29 heavy (non-hydrogen) atoms. The van der Waals surface area contributed by atoms with Gasteiger partial charge in [0.1, 0.15) is 5.75 Å². The van der Waals surface area contributed by atoms with Gasteiger partial charge in [-0.25, -0.2) is 0 Å². The zero-order valence-corrected chi connectivity index (χ0v) is 16.5. The molecule has 0 aromatic heterocycles. The normalized spacial score (nSPS) is 13.7. The molecule has 0 atom stereocenters. The molecule has 2 aromatic carbocycles. The van der Waals surface area contributed by atoms with Gasteiger partial charge in [0.2, 0.25) is 6.41 Å². The van der Waals surface area contributed by atoms with Crippen molar-refractivity contribution in [2.45, 2.75) is 6.42 Å². The lowest BCUT2D eigenvalue weighted by Crippen LogP contribution is -2.48. The summed E-state index contributed by atoms with van der Waals surface area (Å²) in [6.07, 6.45) is 1.47. The number of nitrogens with one attached hydrogen (secondary N) is 1. The summed E-state index contributed by atoms with van der Waals surface area (Å²) in [4.78, 5) is 39.1. The molecule has 0 bridgehead atoms. The summed E-state index contributed by atoms with van der Waals surface area (Å²) in [6.45, 7) is 2.61. The van der Waals surface area contributed by atoms with Crippen LogP contribution in [0.4, 0.5) is 0 Å². The molecule has 1 saturated heterocycles. The molecule has 0 saturated carbocycles. The lowest BCUT2D eigenvalue weighted by atomic mass is 10.1. The molecule has 1 N–H and O–H groups in total. The van der Waals surface area contributed by atoms with E-state index in [0.717, 1.165) is 17.7 Å². The Morgan fingerprint density at radius 2 is 1.66 bits per heavy atom. The van der Waals surface area contributed by atoms with Gasteiger partial charge in [-0.3, -0.25) is 14.4 Å². The van der Waals surface area contributed by atoms with E-state index in [9.17, 15) is 14.4 Å². The highest BCUT2D eigenvalue weighted by molar-refractivity contribution is 5.97. The molecule has 152 valence electrons. The number of benzene rings is 2. The number of para-hydroxylation sites is 1. The molecule has 3 amide bonds. The molecule has 1 heterocycles. The highest BCUT2D eigenvalue weighted by Crippen LogP contribution is 2.17. The minimum Gasteiger partial charge on any atom is -0.496 e. The third kappa shape index (κ3) is 5.13. The van der Waals surface area contributed by atoms with Crippen molar-refractivity contribution in [2.75, 3.05) is 39.8 Å². The third-order valence-electron chi connectivity index (χ3n) is 5.02. The molecule has 1 fully saturated rings. The number of ether oxygens (including phenoxy) is 1. The lowest BCUT2D eigenvalue weighted by molar-refractivity contribution is -0.119. The first-order valence-electron chi connectivity index (χ1n) is 9.61. The second kappa shape index (κ2) is 9.73. The van der Waals surface area contributed by atoms with Gasteiger partial charge in [0, 0.05) is 43.9 Å². The molecular weight excluding hydrogens is 370 g/mol. The zero-order chi connectivity index (χ0) is 20.6. The van der Waals surface area contributed by atoms with Gasteiger partial charge < -0.3 is 19.9 Å². The summed E-state index contributed by atoms with van der Waals surface area (Å²) in [5, 5.41) is 2.89. The van der Waals surface area contributed by atoms with Crippen LogP contribution in [0.25, 0.3) is 0 Å². The van der Waals surface area contributed by atoms with Gasteiger partial charge in [-0.2, -0.15) is 0 Å². The predicted octanol–water partition coefficient (Wildman–Crippen LogP) is 1.58. The Hall–Kier alpha value is -3.35. The van der Waals surface area contributed by atoms with Crippen molar-refractivity contribution in [3.05, 3.63) is 65.2 Å². The monoisotopic (exact) mass is 395 g/mol. The second-order valence-electron chi connectivity index (χ2n) is 6.83. The quantitative estimate of drug-likeness (QED) is 0.722. The van der Waals surface area contributed by atoms with Crippen molar-refractivity contribution < 1.29 is 19.1 Å². The van der Waals surface area contributed by atoms with Gasteiger partial charge in [0.15, 0.2) is 0 Å². The molecule has 0 aliphatic carbocycles. The number of carbonyl (C=O) groups excluding carboxylic acids is 3. The first-order chi connectivity index (χ1) is 14.1. The maximum absolute atomic E-state index is 12.6. The highest BCUT2D eigenvalue weighted by Gasteiger charge is 2.21. The summed E-state index contributed by atoms with van der Waals surface area (Å²) in [7, 11) is 1.63. The highest BCUT2D eigenvalue weighted by atomic mass is 16.5. The zero-order valence-electron chi connectivity index (χ0n) is 16.5. The van der Waals surface area contributed by atoms with E-state index in [2.05, 4.69) is 5.32 Å². The molecule has 7 nitrogen and oxygen atoms in total. The fourth-order valence-electron chi connectivity index (χ4n) is 3.30. The van der Waals surface area contributed by atoms with Gasteiger partial charge in [-0.05, 0) is 42.3 Å². The summed E-state index contributed by atoms with van der Waals surface area (Å²) in [5.41, 5.74) is 2.08. The van der Waals surface area contributed by atoms with E-state index in [1.807, 2.05) is 24.3 Å². The smallest absolute Gasteiger partial charge is 0.253 e. The van der Waals surface area contributed by atoms with E-state index in [0.29, 0.717) is 50.3 Å². The number of carbonyl (C=O) groups is 3. The maximum Gasteiger partial charge on any atom is 0.253 e. The maximum atomic E-state index is 12.6. The van der Waals surface area contributed by atoms with Gasteiger partial charge in [0.05, 0.1) is 7.11 Å². The second-order valence-corrected chi connectivity index (χ2v) is 6.83. The Bertz CT molecular complexity index is 859. The third-order valence-corrected chi connectivity index (χ3v) is 5.02. The minimum atomic E-state index is -0.182. The summed E-state index contributed by atoms with van der Waals surface area (Å²) < 4.78 is 5.32. The van der Waals surface area contributed by atoms with E-state index in [4.69, 9.17) is 4.74 Å². The number of hydrogen-bond donors (Lipinski definition) is 1. The molecule has 1 aliphatic heterocycles. The standard InChI is InChI=1S/C22H25N3O4/c1-29-20-5-3-2-4-17(20)10-11-23-21(27)18-6-8-19(9-7-18)22(28)25-14-12-24(16-26)13-15-25/h2-9,16H,10-15H2,1H3,(H,23,27). The van der Waals surface area contributed by atoms with Gasteiger partial charge in [-0.1, -0.05) is 18.2 Å². The van der Waals surface area contributed by atoms with Gasteiger partial charge in [0.25, 0.3) is 11.8 Å². The first-order valence-corrected chi connectivity index (χ1v) is 9.61. The number of amides is 3.